The highest BCUT2D eigenvalue weighted by Gasteiger charge is 2.27. The number of piperidine rings is 1. The quantitative estimate of drug-likeness (QED) is 0.700. The van der Waals surface area contributed by atoms with Gasteiger partial charge in [-0.25, -0.2) is 0 Å². The Bertz CT molecular complexity index is 647. The standard InChI is InChI=1S/C21H32N2O4/c1-5-18-8-6-7-12-23(18)21(25)15-22(16(2)24)13-11-17-9-10-19(26-3)20(14-17)27-4/h9-10,14,18H,5-8,11-13,15H2,1-4H3. The molecule has 6 nitrogen and oxygen atoms in total. The minimum absolute atomic E-state index is 0.0593. The van der Waals surface area contributed by atoms with Crippen LogP contribution in [0.25, 0.3) is 0 Å². The largest absolute Gasteiger partial charge is 0.493 e. The predicted molar refractivity (Wildman–Crippen MR) is 105 cm³/mol. The molecule has 0 saturated carbocycles. The second kappa shape index (κ2) is 10.2. The second-order valence-corrected chi connectivity index (χ2v) is 7.02. The van der Waals surface area contributed by atoms with E-state index in [2.05, 4.69) is 6.92 Å². The van der Waals surface area contributed by atoms with Gasteiger partial charge in [-0.1, -0.05) is 13.0 Å². The van der Waals surface area contributed by atoms with Crippen LogP contribution >= 0.6 is 0 Å². The molecule has 6 heteroatoms. The summed E-state index contributed by atoms with van der Waals surface area (Å²) in [6, 6.07) is 6.04. The maximum absolute atomic E-state index is 12.8. The lowest BCUT2D eigenvalue weighted by Crippen LogP contribution is -2.49. The molecule has 0 aromatic heterocycles. The summed E-state index contributed by atoms with van der Waals surface area (Å²) in [5, 5.41) is 0. The Labute approximate surface area is 162 Å². The third kappa shape index (κ3) is 5.62. The van der Waals surface area contributed by atoms with Gasteiger partial charge in [0.25, 0.3) is 0 Å². The average molecular weight is 376 g/mol. The normalized spacial score (nSPS) is 16.7. The van der Waals surface area contributed by atoms with E-state index in [1.807, 2.05) is 23.1 Å². The van der Waals surface area contributed by atoms with E-state index < -0.39 is 0 Å². The molecule has 1 saturated heterocycles. The van der Waals surface area contributed by atoms with Crippen molar-refractivity contribution in [3.05, 3.63) is 23.8 Å². The molecule has 2 rings (SSSR count). The Morgan fingerprint density at radius 1 is 1.19 bits per heavy atom. The molecule has 1 aromatic rings. The van der Waals surface area contributed by atoms with Crippen LogP contribution in [0.1, 0.15) is 45.1 Å². The molecule has 1 aliphatic heterocycles. The van der Waals surface area contributed by atoms with Crippen LogP contribution < -0.4 is 9.47 Å². The fraction of sp³-hybridized carbons (Fsp3) is 0.619. The van der Waals surface area contributed by atoms with E-state index in [0.717, 1.165) is 31.4 Å². The number of hydrogen-bond donors (Lipinski definition) is 0. The number of ether oxygens (including phenoxy) is 2. The van der Waals surface area contributed by atoms with Crippen molar-refractivity contribution in [2.75, 3.05) is 33.9 Å². The van der Waals surface area contributed by atoms with Crippen LogP contribution in [0, 0.1) is 0 Å². The van der Waals surface area contributed by atoms with E-state index in [4.69, 9.17) is 9.47 Å². The number of hydrogen-bond acceptors (Lipinski definition) is 4. The van der Waals surface area contributed by atoms with Crippen LogP contribution in [0.2, 0.25) is 0 Å². The molecule has 0 radical (unpaired) electrons. The fourth-order valence-corrected chi connectivity index (χ4v) is 3.66. The molecule has 0 N–H and O–H groups in total. The van der Waals surface area contributed by atoms with Crippen molar-refractivity contribution in [2.45, 2.75) is 52.0 Å². The van der Waals surface area contributed by atoms with Crippen molar-refractivity contribution in [1.29, 1.82) is 0 Å². The molecular formula is C21H32N2O4. The van der Waals surface area contributed by atoms with Crippen molar-refractivity contribution in [2.24, 2.45) is 0 Å². The number of rotatable bonds is 8. The monoisotopic (exact) mass is 376 g/mol. The van der Waals surface area contributed by atoms with Crippen molar-refractivity contribution in [1.82, 2.24) is 9.80 Å². The van der Waals surface area contributed by atoms with Gasteiger partial charge in [0.1, 0.15) is 0 Å². The van der Waals surface area contributed by atoms with Crippen LogP contribution in [0.4, 0.5) is 0 Å². The highest BCUT2D eigenvalue weighted by molar-refractivity contribution is 5.84. The lowest BCUT2D eigenvalue weighted by molar-refractivity contribution is -0.141. The molecule has 1 unspecified atom stereocenters. The Hall–Kier alpha value is -2.24. The van der Waals surface area contributed by atoms with Crippen LogP contribution in [0.5, 0.6) is 11.5 Å². The Balaban J connectivity index is 1.99. The van der Waals surface area contributed by atoms with Crippen LogP contribution in [0.15, 0.2) is 18.2 Å². The highest BCUT2D eigenvalue weighted by Crippen LogP contribution is 2.27. The summed E-state index contributed by atoms with van der Waals surface area (Å²) in [6.45, 7) is 5.10. The van der Waals surface area contributed by atoms with Gasteiger partial charge in [0.05, 0.1) is 20.8 Å². The first-order chi connectivity index (χ1) is 13.0. The summed E-state index contributed by atoms with van der Waals surface area (Å²) < 4.78 is 10.6. The lowest BCUT2D eigenvalue weighted by Gasteiger charge is -2.36. The van der Waals surface area contributed by atoms with Gasteiger partial charge in [-0.2, -0.15) is 0 Å². The van der Waals surface area contributed by atoms with Crippen molar-refractivity contribution >= 4 is 11.8 Å². The zero-order valence-electron chi connectivity index (χ0n) is 17.0. The molecule has 2 amide bonds. The summed E-state index contributed by atoms with van der Waals surface area (Å²) in [4.78, 5) is 28.4. The minimum Gasteiger partial charge on any atom is -0.493 e. The summed E-state index contributed by atoms with van der Waals surface area (Å²) >= 11 is 0. The van der Waals surface area contributed by atoms with Gasteiger partial charge in [0.2, 0.25) is 11.8 Å². The Morgan fingerprint density at radius 3 is 2.56 bits per heavy atom. The van der Waals surface area contributed by atoms with E-state index in [1.54, 1.807) is 19.1 Å². The number of nitrogens with zero attached hydrogens (tertiary/aromatic N) is 2. The number of benzene rings is 1. The number of amides is 2. The fourth-order valence-electron chi connectivity index (χ4n) is 3.66. The highest BCUT2D eigenvalue weighted by atomic mass is 16.5. The number of likely N-dealkylation sites (tertiary alicyclic amines) is 1. The third-order valence-corrected chi connectivity index (χ3v) is 5.31. The van der Waals surface area contributed by atoms with Crippen molar-refractivity contribution in [3.63, 3.8) is 0 Å². The molecule has 1 heterocycles. The van der Waals surface area contributed by atoms with E-state index in [-0.39, 0.29) is 18.4 Å². The lowest BCUT2D eigenvalue weighted by atomic mass is 10.00. The average Bonchev–Trinajstić information content (AvgIpc) is 2.70. The maximum atomic E-state index is 12.8. The van der Waals surface area contributed by atoms with Crippen molar-refractivity contribution in [3.8, 4) is 11.5 Å². The van der Waals surface area contributed by atoms with E-state index in [1.165, 1.54) is 13.3 Å². The molecule has 0 spiro atoms. The topological polar surface area (TPSA) is 59.1 Å². The summed E-state index contributed by atoms with van der Waals surface area (Å²) in [5.74, 6) is 1.33. The minimum atomic E-state index is -0.0751. The van der Waals surface area contributed by atoms with Gasteiger partial charge in [-0.05, 0) is 49.8 Å². The first-order valence-corrected chi connectivity index (χ1v) is 9.76. The van der Waals surface area contributed by atoms with Gasteiger partial charge in [0.15, 0.2) is 11.5 Å². The summed E-state index contributed by atoms with van der Waals surface area (Å²) in [5.41, 5.74) is 1.04. The molecule has 1 aromatic carbocycles. The van der Waals surface area contributed by atoms with Gasteiger partial charge in [-0.3, -0.25) is 9.59 Å². The zero-order chi connectivity index (χ0) is 19.8. The zero-order valence-corrected chi connectivity index (χ0v) is 17.0. The second-order valence-electron chi connectivity index (χ2n) is 7.02. The molecule has 1 aliphatic rings. The first kappa shape index (κ1) is 21.1. The molecular weight excluding hydrogens is 344 g/mol. The Morgan fingerprint density at radius 2 is 1.93 bits per heavy atom. The number of carbonyl (C=O) groups is 2. The molecule has 1 atom stereocenters. The van der Waals surface area contributed by atoms with Crippen LogP contribution in [0.3, 0.4) is 0 Å². The molecule has 1 fully saturated rings. The number of carbonyl (C=O) groups excluding carboxylic acids is 2. The van der Waals surface area contributed by atoms with Crippen LogP contribution in [-0.2, 0) is 16.0 Å². The number of methoxy groups -OCH3 is 2. The van der Waals surface area contributed by atoms with Gasteiger partial charge >= 0.3 is 0 Å². The third-order valence-electron chi connectivity index (χ3n) is 5.31. The van der Waals surface area contributed by atoms with Crippen molar-refractivity contribution < 1.29 is 19.1 Å². The first-order valence-electron chi connectivity index (χ1n) is 9.76. The van der Waals surface area contributed by atoms with Gasteiger partial charge in [-0.15, -0.1) is 0 Å². The molecule has 0 aliphatic carbocycles. The molecule has 150 valence electrons. The van der Waals surface area contributed by atoms with E-state index in [0.29, 0.717) is 30.5 Å². The SMILES string of the molecule is CCC1CCCCN1C(=O)CN(CCc1ccc(OC)c(OC)c1)C(C)=O. The van der Waals surface area contributed by atoms with Gasteiger partial charge < -0.3 is 19.3 Å². The predicted octanol–water partition coefficient (Wildman–Crippen LogP) is 2.89. The maximum Gasteiger partial charge on any atom is 0.242 e. The molecule has 0 bridgehead atoms. The van der Waals surface area contributed by atoms with E-state index in [9.17, 15) is 9.59 Å². The van der Waals surface area contributed by atoms with Crippen LogP contribution in [-0.4, -0.2) is 61.5 Å². The van der Waals surface area contributed by atoms with Gasteiger partial charge in [0, 0.05) is 26.1 Å². The summed E-state index contributed by atoms with van der Waals surface area (Å²) in [6.07, 6.45) is 4.92. The van der Waals surface area contributed by atoms with E-state index >= 15 is 0 Å². The molecule has 27 heavy (non-hydrogen) atoms. The Kier molecular flexibility index (Phi) is 7.95. The smallest absolute Gasteiger partial charge is 0.242 e. The summed E-state index contributed by atoms with van der Waals surface area (Å²) in [7, 11) is 3.20.